The van der Waals surface area contributed by atoms with Crippen LogP contribution in [-0.2, 0) is 6.42 Å². The van der Waals surface area contributed by atoms with E-state index in [1.54, 1.807) is 0 Å². The van der Waals surface area contributed by atoms with E-state index in [9.17, 15) is 0 Å². The fourth-order valence-corrected chi connectivity index (χ4v) is 4.36. The minimum absolute atomic E-state index is 0.0266. The Morgan fingerprint density at radius 1 is 0.923 bits per heavy atom. The molecule has 0 unspecified atom stereocenters. The highest BCUT2D eigenvalue weighted by Crippen LogP contribution is 2.36. The van der Waals surface area contributed by atoms with Crippen molar-refractivity contribution in [1.82, 2.24) is 4.98 Å². The number of nitrogens with zero attached hydrogens (tertiary/aromatic N) is 2. The van der Waals surface area contributed by atoms with Crippen LogP contribution in [-0.4, -0.2) is 16.2 Å². The van der Waals surface area contributed by atoms with Gasteiger partial charge in [0, 0.05) is 22.7 Å². The lowest BCUT2D eigenvalue weighted by Crippen LogP contribution is -2.35. The lowest BCUT2D eigenvalue weighted by molar-refractivity contribution is 0.354. The highest BCUT2D eigenvalue weighted by Gasteiger charge is 2.34. The lowest BCUT2D eigenvalue weighted by Gasteiger charge is -2.35. The van der Waals surface area contributed by atoms with Gasteiger partial charge in [0.2, 0.25) is 0 Å². The molecule has 0 bridgehead atoms. The van der Waals surface area contributed by atoms with Crippen molar-refractivity contribution >= 4 is 16.6 Å². The Morgan fingerprint density at radius 2 is 1.65 bits per heavy atom. The van der Waals surface area contributed by atoms with Gasteiger partial charge in [-0.25, -0.2) is 0 Å². The largest absolute Gasteiger partial charge is 0.277 e. The molecule has 1 aliphatic heterocycles. The molecule has 1 aromatic heterocycles. The third kappa shape index (κ3) is 3.05. The Labute approximate surface area is 156 Å². The van der Waals surface area contributed by atoms with Crippen molar-refractivity contribution < 1.29 is 0 Å². The Hall–Kier alpha value is -2.48. The maximum absolute atomic E-state index is 5.39. The zero-order chi connectivity index (χ0) is 18.0. The van der Waals surface area contributed by atoms with Crippen molar-refractivity contribution in [3.63, 3.8) is 0 Å². The number of para-hydroxylation sites is 1. The molecular formula is C24H26N2. The predicted molar refractivity (Wildman–Crippen MR) is 110 cm³/mol. The number of rotatable bonds is 5. The number of hydrogen-bond donors (Lipinski definition) is 0. The Kier molecular flexibility index (Phi) is 4.58. The van der Waals surface area contributed by atoms with Crippen molar-refractivity contribution in [2.75, 3.05) is 0 Å². The van der Waals surface area contributed by atoms with Crippen molar-refractivity contribution in [2.24, 2.45) is 4.99 Å². The predicted octanol–water partition coefficient (Wildman–Crippen LogP) is 5.97. The summed E-state index contributed by atoms with van der Waals surface area (Å²) in [5, 5.41) is 1.17. The maximum Gasteiger partial charge on any atom is 0.0744 e. The molecule has 3 aromatic rings. The molecular weight excluding hydrogens is 316 g/mol. The van der Waals surface area contributed by atoms with Crippen LogP contribution in [0.3, 0.4) is 0 Å². The highest BCUT2D eigenvalue weighted by atomic mass is 14.9. The van der Waals surface area contributed by atoms with Gasteiger partial charge in [0.05, 0.1) is 16.8 Å². The van der Waals surface area contributed by atoms with Crippen LogP contribution in [0.15, 0.2) is 65.8 Å². The Morgan fingerprint density at radius 3 is 2.46 bits per heavy atom. The van der Waals surface area contributed by atoms with Crippen molar-refractivity contribution in [3.05, 3.63) is 77.5 Å². The minimum Gasteiger partial charge on any atom is -0.277 e. The number of aromatic nitrogens is 1. The van der Waals surface area contributed by atoms with Crippen LogP contribution in [0.1, 0.15) is 56.2 Å². The van der Waals surface area contributed by atoms with Gasteiger partial charge in [0.15, 0.2) is 0 Å². The first-order valence-corrected chi connectivity index (χ1v) is 9.78. The molecule has 2 heteroatoms. The van der Waals surface area contributed by atoms with Crippen molar-refractivity contribution in [2.45, 2.75) is 51.5 Å². The van der Waals surface area contributed by atoms with Gasteiger partial charge in [-0.3, -0.25) is 9.98 Å². The van der Waals surface area contributed by atoms with Crippen LogP contribution < -0.4 is 0 Å². The molecule has 4 rings (SSSR count). The van der Waals surface area contributed by atoms with Gasteiger partial charge < -0.3 is 0 Å². The average Bonchev–Trinajstić information content (AvgIpc) is 2.67. The molecule has 2 aromatic carbocycles. The molecule has 2 heterocycles. The molecule has 0 aliphatic carbocycles. The fraction of sp³-hybridized carbons (Fsp3) is 0.333. The molecule has 0 N–H and O–H groups in total. The molecule has 0 spiro atoms. The molecule has 0 amide bonds. The maximum atomic E-state index is 5.39. The summed E-state index contributed by atoms with van der Waals surface area (Å²) < 4.78 is 0. The molecule has 1 aliphatic rings. The molecule has 2 nitrogen and oxygen atoms in total. The van der Waals surface area contributed by atoms with E-state index in [4.69, 9.17) is 4.99 Å². The molecule has 0 saturated heterocycles. The average molecular weight is 342 g/mol. The lowest BCUT2D eigenvalue weighted by atomic mass is 9.78. The first-order chi connectivity index (χ1) is 12.7. The van der Waals surface area contributed by atoms with Crippen molar-refractivity contribution in [3.8, 4) is 0 Å². The number of pyridine rings is 1. The quantitative estimate of drug-likeness (QED) is 0.561. The fourth-order valence-electron chi connectivity index (χ4n) is 4.36. The molecule has 0 radical (unpaired) electrons. The number of benzene rings is 2. The van der Waals surface area contributed by atoms with Crippen LogP contribution >= 0.6 is 0 Å². The monoisotopic (exact) mass is 342 g/mol. The smallest absolute Gasteiger partial charge is 0.0744 e. The molecule has 0 saturated carbocycles. The second-order valence-corrected chi connectivity index (χ2v) is 7.44. The first-order valence-electron chi connectivity index (χ1n) is 9.78. The summed E-state index contributed by atoms with van der Waals surface area (Å²) in [6.45, 7) is 4.54. The van der Waals surface area contributed by atoms with E-state index in [0.29, 0.717) is 0 Å². The zero-order valence-corrected chi connectivity index (χ0v) is 15.7. The molecule has 0 fully saturated rings. The van der Waals surface area contributed by atoms with E-state index in [1.165, 1.54) is 16.5 Å². The van der Waals surface area contributed by atoms with E-state index < -0.39 is 0 Å². The molecule has 132 valence electrons. The summed E-state index contributed by atoms with van der Waals surface area (Å²) >= 11 is 0. The van der Waals surface area contributed by atoms with Gasteiger partial charge in [-0.1, -0.05) is 69.2 Å². The van der Waals surface area contributed by atoms with Gasteiger partial charge in [-0.05, 0) is 37.0 Å². The van der Waals surface area contributed by atoms with Gasteiger partial charge in [-0.2, -0.15) is 0 Å². The third-order valence-electron chi connectivity index (χ3n) is 5.44. The summed E-state index contributed by atoms with van der Waals surface area (Å²) in [4.78, 5) is 10.1. The van der Waals surface area contributed by atoms with Crippen LogP contribution in [0.4, 0.5) is 0 Å². The summed E-state index contributed by atoms with van der Waals surface area (Å²) in [7, 11) is 0. The second kappa shape index (κ2) is 7.03. The van der Waals surface area contributed by atoms with E-state index in [-0.39, 0.29) is 5.54 Å². The molecule has 0 atom stereocenters. The van der Waals surface area contributed by atoms with Gasteiger partial charge in [0.1, 0.15) is 0 Å². The van der Waals surface area contributed by atoms with E-state index in [1.807, 2.05) is 12.3 Å². The number of hydrogen-bond acceptors (Lipinski definition) is 2. The topological polar surface area (TPSA) is 25.2 Å². The Bertz CT molecular complexity index is 949. The van der Waals surface area contributed by atoms with Gasteiger partial charge in [0.25, 0.3) is 0 Å². The Balaban J connectivity index is 1.90. The first kappa shape index (κ1) is 17.0. The number of aliphatic imine (C=N–C) groups is 1. The van der Waals surface area contributed by atoms with Crippen molar-refractivity contribution in [1.29, 1.82) is 0 Å². The normalized spacial score (nSPS) is 15.5. The van der Waals surface area contributed by atoms with E-state index in [2.05, 4.69) is 67.4 Å². The summed E-state index contributed by atoms with van der Waals surface area (Å²) in [6, 6.07) is 19.3. The zero-order valence-electron chi connectivity index (χ0n) is 15.7. The van der Waals surface area contributed by atoms with Crippen LogP contribution in [0.25, 0.3) is 10.9 Å². The summed E-state index contributed by atoms with van der Waals surface area (Å²) in [5.41, 5.74) is 6.01. The number of fused-ring (bicyclic) bond motifs is 2. The summed E-state index contributed by atoms with van der Waals surface area (Å²) in [5.74, 6) is 0. The minimum atomic E-state index is 0.0266. The summed E-state index contributed by atoms with van der Waals surface area (Å²) in [6.07, 6.45) is 7.64. The standard InChI is InChI=1S/C24H26N2/c1-3-13-24(14-4-2)16-19-10-5-7-11-21(19)23(26-24)20-15-18-9-6-8-12-22(18)25-17-20/h5-12,15,17H,3-4,13-14,16H2,1-2H3. The van der Waals surface area contributed by atoms with E-state index >= 15 is 0 Å². The highest BCUT2D eigenvalue weighted by molar-refractivity contribution is 6.15. The third-order valence-corrected chi connectivity index (χ3v) is 5.44. The SMILES string of the molecule is CCCC1(CCC)Cc2ccccc2C(c2cnc3ccccc3c2)=N1. The molecule has 26 heavy (non-hydrogen) atoms. The van der Waals surface area contributed by atoms with Gasteiger partial charge >= 0.3 is 0 Å². The van der Waals surface area contributed by atoms with Crippen LogP contribution in [0, 0.1) is 0 Å². The van der Waals surface area contributed by atoms with Crippen LogP contribution in [0.5, 0.6) is 0 Å². The van der Waals surface area contributed by atoms with E-state index in [0.717, 1.165) is 48.9 Å². The van der Waals surface area contributed by atoms with Crippen LogP contribution in [0.2, 0.25) is 0 Å². The second-order valence-electron chi connectivity index (χ2n) is 7.44. The van der Waals surface area contributed by atoms with Gasteiger partial charge in [-0.15, -0.1) is 0 Å².